The molecule has 1 aromatic rings. The molecule has 1 nitrogen and oxygen atoms in total. The Bertz CT molecular complexity index is 357. The molecule has 0 spiro atoms. The second-order valence-corrected chi connectivity index (χ2v) is 5.85. The number of hydrogen-bond donors (Lipinski definition) is 1. The highest BCUT2D eigenvalue weighted by molar-refractivity contribution is 5.31. The molecule has 0 bridgehead atoms. The van der Waals surface area contributed by atoms with Crippen molar-refractivity contribution in [3.63, 3.8) is 0 Å². The first-order valence-electron chi connectivity index (χ1n) is 7.52. The van der Waals surface area contributed by atoms with Gasteiger partial charge < -0.3 is 5.32 Å². The van der Waals surface area contributed by atoms with Gasteiger partial charge in [0.1, 0.15) is 0 Å². The van der Waals surface area contributed by atoms with Crippen LogP contribution in [0.2, 0.25) is 0 Å². The molecule has 0 heterocycles. The first-order valence-corrected chi connectivity index (χ1v) is 7.52. The maximum Gasteiger partial charge on any atom is 0.0348 e. The van der Waals surface area contributed by atoms with E-state index in [0.29, 0.717) is 6.04 Å². The second kappa shape index (κ2) is 6.38. The molecule has 1 heteroatoms. The minimum atomic E-state index is 0.564. The molecule has 1 fully saturated rings. The standard InChI is InChI=1S/C17H27N/c1-4-18-17(15-8-6-5-7-9-15)16-11-13(2)10-14(3)12-16/h10-12,15,17-18H,4-9H2,1-3H3. The average molecular weight is 245 g/mol. The Hall–Kier alpha value is -0.820. The molecule has 1 aliphatic carbocycles. The van der Waals surface area contributed by atoms with E-state index in [2.05, 4.69) is 44.3 Å². The van der Waals surface area contributed by atoms with Crippen molar-refractivity contribution in [3.8, 4) is 0 Å². The predicted molar refractivity (Wildman–Crippen MR) is 78.9 cm³/mol. The first-order chi connectivity index (χ1) is 8.70. The fourth-order valence-corrected chi connectivity index (χ4v) is 3.43. The number of aryl methyl sites for hydroxylation is 2. The predicted octanol–water partition coefficient (Wildman–Crippen LogP) is 4.53. The molecule has 0 saturated heterocycles. The molecule has 2 rings (SSSR count). The summed E-state index contributed by atoms with van der Waals surface area (Å²) in [6.07, 6.45) is 7.05. The number of benzene rings is 1. The molecular weight excluding hydrogens is 218 g/mol. The van der Waals surface area contributed by atoms with Gasteiger partial charge >= 0.3 is 0 Å². The molecule has 1 saturated carbocycles. The highest BCUT2D eigenvalue weighted by atomic mass is 14.9. The van der Waals surface area contributed by atoms with Crippen molar-refractivity contribution in [2.75, 3.05) is 6.54 Å². The SMILES string of the molecule is CCNC(c1cc(C)cc(C)c1)C1CCCCC1. The van der Waals surface area contributed by atoms with Gasteiger partial charge in [0.15, 0.2) is 0 Å². The van der Waals surface area contributed by atoms with Crippen LogP contribution in [0.3, 0.4) is 0 Å². The van der Waals surface area contributed by atoms with E-state index in [1.165, 1.54) is 48.8 Å². The van der Waals surface area contributed by atoms with Crippen LogP contribution in [0.15, 0.2) is 18.2 Å². The third kappa shape index (κ3) is 3.35. The highest BCUT2D eigenvalue weighted by Crippen LogP contribution is 2.34. The second-order valence-electron chi connectivity index (χ2n) is 5.85. The summed E-state index contributed by atoms with van der Waals surface area (Å²) in [5.74, 6) is 0.833. The van der Waals surface area contributed by atoms with Crippen molar-refractivity contribution in [1.29, 1.82) is 0 Å². The largest absolute Gasteiger partial charge is 0.310 e. The normalized spacial score (nSPS) is 18.8. The third-order valence-corrected chi connectivity index (χ3v) is 4.15. The quantitative estimate of drug-likeness (QED) is 0.821. The minimum absolute atomic E-state index is 0.564. The highest BCUT2D eigenvalue weighted by Gasteiger charge is 2.24. The number of nitrogens with one attached hydrogen (secondary N) is 1. The van der Waals surface area contributed by atoms with Crippen molar-refractivity contribution < 1.29 is 0 Å². The van der Waals surface area contributed by atoms with Gasteiger partial charge in [-0.1, -0.05) is 55.5 Å². The van der Waals surface area contributed by atoms with Gasteiger partial charge in [0.05, 0.1) is 0 Å². The van der Waals surface area contributed by atoms with E-state index in [1.54, 1.807) is 0 Å². The fourth-order valence-electron chi connectivity index (χ4n) is 3.43. The zero-order valence-electron chi connectivity index (χ0n) is 12.1. The van der Waals surface area contributed by atoms with Crippen molar-refractivity contribution in [1.82, 2.24) is 5.32 Å². The molecular formula is C17H27N. The molecule has 100 valence electrons. The summed E-state index contributed by atoms with van der Waals surface area (Å²) in [6, 6.07) is 7.57. The third-order valence-electron chi connectivity index (χ3n) is 4.15. The van der Waals surface area contributed by atoms with E-state index >= 15 is 0 Å². The molecule has 0 radical (unpaired) electrons. The van der Waals surface area contributed by atoms with Gasteiger partial charge in [0.25, 0.3) is 0 Å². The van der Waals surface area contributed by atoms with E-state index < -0.39 is 0 Å². The minimum Gasteiger partial charge on any atom is -0.310 e. The van der Waals surface area contributed by atoms with Crippen LogP contribution in [0.1, 0.15) is 61.8 Å². The summed E-state index contributed by atoms with van der Waals surface area (Å²) in [5.41, 5.74) is 4.29. The van der Waals surface area contributed by atoms with E-state index in [9.17, 15) is 0 Å². The Balaban J connectivity index is 2.22. The van der Waals surface area contributed by atoms with E-state index in [0.717, 1.165) is 12.5 Å². The molecule has 1 aliphatic rings. The molecule has 18 heavy (non-hydrogen) atoms. The Morgan fingerprint density at radius 2 is 1.67 bits per heavy atom. The maximum atomic E-state index is 3.72. The molecule has 1 unspecified atom stereocenters. The molecule has 1 aromatic carbocycles. The summed E-state index contributed by atoms with van der Waals surface area (Å²) in [5, 5.41) is 3.72. The van der Waals surface area contributed by atoms with Gasteiger partial charge in [0.2, 0.25) is 0 Å². The summed E-state index contributed by atoms with van der Waals surface area (Å²) >= 11 is 0. The Morgan fingerprint density at radius 3 is 2.22 bits per heavy atom. The van der Waals surface area contributed by atoms with E-state index in [4.69, 9.17) is 0 Å². The monoisotopic (exact) mass is 245 g/mol. The molecule has 0 aromatic heterocycles. The van der Waals surface area contributed by atoms with Crippen molar-refractivity contribution in [3.05, 3.63) is 34.9 Å². The number of hydrogen-bond acceptors (Lipinski definition) is 1. The van der Waals surface area contributed by atoms with Crippen molar-refractivity contribution >= 4 is 0 Å². The first kappa shape index (κ1) is 13.6. The Morgan fingerprint density at radius 1 is 1.06 bits per heavy atom. The van der Waals surface area contributed by atoms with E-state index in [1.807, 2.05) is 0 Å². The lowest BCUT2D eigenvalue weighted by atomic mass is 9.80. The lowest BCUT2D eigenvalue weighted by Crippen LogP contribution is -2.29. The summed E-state index contributed by atoms with van der Waals surface area (Å²) < 4.78 is 0. The summed E-state index contributed by atoms with van der Waals surface area (Å²) in [4.78, 5) is 0. The van der Waals surface area contributed by atoms with Gasteiger partial charge in [-0.25, -0.2) is 0 Å². The molecule has 1 atom stereocenters. The Kier molecular flexibility index (Phi) is 4.82. The smallest absolute Gasteiger partial charge is 0.0348 e. The van der Waals surface area contributed by atoms with Crippen LogP contribution >= 0.6 is 0 Å². The van der Waals surface area contributed by atoms with Gasteiger partial charge in [-0.05, 0) is 44.7 Å². The molecule has 0 amide bonds. The van der Waals surface area contributed by atoms with Crippen LogP contribution in [0.25, 0.3) is 0 Å². The van der Waals surface area contributed by atoms with Crippen LogP contribution in [-0.2, 0) is 0 Å². The zero-order valence-corrected chi connectivity index (χ0v) is 12.1. The van der Waals surface area contributed by atoms with Crippen LogP contribution in [0.4, 0.5) is 0 Å². The molecule has 1 N–H and O–H groups in total. The Labute approximate surface area is 112 Å². The lowest BCUT2D eigenvalue weighted by Gasteiger charge is -2.31. The topological polar surface area (TPSA) is 12.0 Å². The maximum absolute atomic E-state index is 3.72. The fraction of sp³-hybridized carbons (Fsp3) is 0.647. The van der Waals surface area contributed by atoms with Crippen molar-refractivity contribution in [2.45, 2.75) is 58.9 Å². The lowest BCUT2D eigenvalue weighted by molar-refractivity contribution is 0.274. The van der Waals surface area contributed by atoms with Gasteiger partial charge in [-0.3, -0.25) is 0 Å². The van der Waals surface area contributed by atoms with Crippen LogP contribution in [0.5, 0.6) is 0 Å². The summed E-state index contributed by atoms with van der Waals surface area (Å²) in [7, 11) is 0. The van der Waals surface area contributed by atoms with Gasteiger partial charge in [-0.2, -0.15) is 0 Å². The van der Waals surface area contributed by atoms with Gasteiger partial charge in [-0.15, -0.1) is 0 Å². The number of rotatable bonds is 4. The molecule has 0 aliphatic heterocycles. The van der Waals surface area contributed by atoms with Crippen LogP contribution < -0.4 is 5.32 Å². The van der Waals surface area contributed by atoms with E-state index in [-0.39, 0.29) is 0 Å². The van der Waals surface area contributed by atoms with Crippen molar-refractivity contribution in [2.24, 2.45) is 5.92 Å². The summed E-state index contributed by atoms with van der Waals surface area (Å²) in [6.45, 7) is 7.70. The van der Waals surface area contributed by atoms with Crippen LogP contribution in [0, 0.1) is 19.8 Å². The van der Waals surface area contributed by atoms with Crippen LogP contribution in [-0.4, -0.2) is 6.54 Å². The van der Waals surface area contributed by atoms with Gasteiger partial charge in [0, 0.05) is 6.04 Å². The average Bonchev–Trinajstić information content (AvgIpc) is 2.36. The zero-order chi connectivity index (χ0) is 13.0.